The number of esters is 1. The lowest BCUT2D eigenvalue weighted by Gasteiger charge is -2.48. The smallest absolute Gasteiger partial charge is 0.407 e. The van der Waals surface area contributed by atoms with Crippen molar-refractivity contribution < 1.29 is 19.4 Å². The zero-order valence-electron chi connectivity index (χ0n) is 24.2. The van der Waals surface area contributed by atoms with E-state index in [4.69, 9.17) is 4.74 Å². The average Bonchev–Trinajstić information content (AvgIpc) is 3.28. The molecule has 1 aliphatic heterocycles. The Balaban J connectivity index is 1.33. The van der Waals surface area contributed by atoms with Crippen LogP contribution in [0.2, 0.25) is 0 Å². The van der Waals surface area contributed by atoms with E-state index in [-0.39, 0.29) is 37.8 Å². The van der Waals surface area contributed by atoms with Gasteiger partial charge in [0.25, 0.3) is 0 Å². The number of pyridine rings is 2. The topological polar surface area (TPSA) is 120 Å². The Hall–Kier alpha value is -5.51. The molecular weight excluding hydrogens is 558 g/mol. The molecule has 1 fully saturated rings. The van der Waals surface area contributed by atoms with Gasteiger partial charge in [-0.2, -0.15) is 0 Å². The number of hydrogen-bond donors (Lipinski definition) is 1. The molecule has 4 heterocycles. The Labute approximate surface area is 251 Å². The Morgan fingerprint density at radius 1 is 0.932 bits per heavy atom. The third-order valence-corrected chi connectivity index (χ3v) is 8.59. The number of hydrogen-bond acceptors (Lipinski definition) is 6. The summed E-state index contributed by atoms with van der Waals surface area (Å²) in [6.07, 6.45) is 2.61. The second-order valence-corrected chi connectivity index (χ2v) is 11.3. The summed E-state index contributed by atoms with van der Waals surface area (Å²) in [6, 6.07) is 23.5. The van der Waals surface area contributed by atoms with Gasteiger partial charge in [0.1, 0.15) is 0 Å². The van der Waals surface area contributed by atoms with Crippen LogP contribution in [0.15, 0.2) is 90.0 Å². The summed E-state index contributed by atoms with van der Waals surface area (Å²) < 4.78 is 8.45. The van der Waals surface area contributed by atoms with Crippen molar-refractivity contribution in [2.24, 2.45) is 7.05 Å². The summed E-state index contributed by atoms with van der Waals surface area (Å²) in [4.78, 5) is 48.2. The number of fused-ring (bicyclic) bond motifs is 4. The fraction of sp³-hybridized carbons (Fsp3) is 0.206. The molecule has 0 spiro atoms. The summed E-state index contributed by atoms with van der Waals surface area (Å²) in [5.41, 5.74) is 5.56. The number of amides is 1. The van der Waals surface area contributed by atoms with Gasteiger partial charge in [0, 0.05) is 48.1 Å². The molecular formula is C34H29N5O5. The number of nitrogens with zero attached hydrogens (tertiary/aromatic N) is 5. The normalized spacial score (nSPS) is 14.2. The summed E-state index contributed by atoms with van der Waals surface area (Å²) >= 11 is 0. The van der Waals surface area contributed by atoms with Crippen molar-refractivity contribution in [1.29, 1.82) is 0 Å². The van der Waals surface area contributed by atoms with Crippen molar-refractivity contribution in [3.63, 3.8) is 0 Å². The molecule has 10 nitrogen and oxygen atoms in total. The number of carbonyl (C=O) groups is 2. The number of para-hydroxylation sites is 1. The number of carboxylic acid groups (broad SMARTS) is 1. The number of imidazole rings is 1. The lowest BCUT2D eigenvalue weighted by molar-refractivity contribution is -0.146. The van der Waals surface area contributed by atoms with E-state index in [1.54, 1.807) is 29.3 Å². The van der Waals surface area contributed by atoms with Gasteiger partial charge in [0.05, 0.1) is 47.0 Å². The zero-order chi connectivity index (χ0) is 30.6. The monoisotopic (exact) mass is 587 g/mol. The maximum Gasteiger partial charge on any atom is 0.407 e. The second kappa shape index (κ2) is 10.3. The second-order valence-electron chi connectivity index (χ2n) is 11.3. The van der Waals surface area contributed by atoms with Crippen LogP contribution in [-0.2, 0) is 22.0 Å². The van der Waals surface area contributed by atoms with Crippen LogP contribution < -0.4 is 5.69 Å². The SMILES string of the molecule is CCOC(=O)CC1(c2ccc(-n3c(=O)n(C)c4cnc5ccc(-c6cnc7ccccc7c6)cc5c43)cc2)CN(C(=O)O)C1. The van der Waals surface area contributed by atoms with Gasteiger partial charge in [-0.1, -0.05) is 36.4 Å². The van der Waals surface area contributed by atoms with Gasteiger partial charge in [-0.25, -0.2) is 9.59 Å². The highest BCUT2D eigenvalue weighted by Crippen LogP contribution is 2.39. The molecule has 3 aromatic carbocycles. The van der Waals surface area contributed by atoms with Crippen LogP contribution >= 0.6 is 0 Å². The van der Waals surface area contributed by atoms with Crippen molar-refractivity contribution >= 4 is 44.9 Å². The van der Waals surface area contributed by atoms with E-state index in [2.05, 4.69) is 16.0 Å². The summed E-state index contributed by atoms with van der Waals surface area (Å²) in [5.74, 6) is -0.372. The number of benzene rings is 3. The van der Waals surface area contributed by atoms with Crippen molar-refractivity contribution in [1.82, 2.24) is 24.0 Å². The average molecular weight is 588 g/mol. The van der Waals surface area contributed by atoms with Crippen LogP contribution in [0.1, 0.15) is 18.9 Å². The molecule has 220 valence electrons. The van der Waals surface area contributed by atoms with Crippen molar-refractivity contribution in [3.05, 3.63) is 101 Å². The molecule has 3 aromatic heterocycles. The molecule has 1 amide bonds. The van der Waals surface area contributed by atoms with Gasteiger partial charge in [-0.15, -0.1) is 0 Å². The van der Waals surface area contributed by atoms with Crippen molar-refractivity contribution in [2.45, 2.75) is 18.8 Å². The number of carbonyl (C=O) groups excluding carboxylic acids is 1. The van der Waals surface area contributed by atoms with Crippen molar-refractivity contribution in [2.75, 3.05) is 19.7 Å². The lowest BCUT2D eigenvalue weighted by Crippen LogP contribution is -2.61. The summed E-state index contributed by atoms with van der Waals surface area (Å²) in [5, 5.41) is 11.3. The van der Waals surface area contributed by atoms with Crippen LogP contribution in [0.3, 0.4) is 0 Å². The van der Waals surface area contributed by atoms with Crippen LogP contribution in [-0.4, -0.2) is 60.9 Å². The molecule has 0 saturated carbocycles. The predicted molar refractivity (Wildman–Crippen MR) is 167 cm³/mol. The number of rotatable bonds is 6. The molecule has 0 aliphatic carbocycles. The first-order valence-corrected chi connectivity index (χ1v) is 14.4. The van der Waals surface area contributed by atoms with Gasteiger partial charge in [0.2, 0.25) is 0 Å². The minimum absolute atomic E-state index is 0.0703. The number of likely N-dealkylation sites (tertiary alicyclic amines) is 1. The largest absolute Gasteiger partial charge is 0.466 e. The third kappa shape index (κ3) is 4.38. The maximum absolute atomic E-state index is 13.7. The Kier molecular flexibility index (Phi) is 6.42. The van der Waals surface area contributed by atoms with Gasteiger partial charge in [0.15, 0.2) is 0 Å². The number of aromatic nitrogens is 4. The first-order valence-electron chi connectivity index (χ1n) is 14.4. The van der Waals surface area contributed by atoms with Crippen LogP contribution in [0.5, 0.6) is 0 Å². The van der Waals surface area contributed by atoms with E-state index >= 15 is 0 Å². The quantitative estimate of drug-likeness (QED) is 0.264. The number of ether oxygens (including phenoxy) is 1. The maximum atomic E-state index is 13.7. The molecule has 6 aromatic rings. The van der Waals surface area contributed by atoms with E-state index < -0.39 is 11.5 Å². The Morgan fingerprint density at radius 2 is 1.68 bits per heavy atom. The fourth-order valence-corrected chi connectivity index (χ4v) is 6.31. The molecule has 0 atom stereocenters. The minimum Gasteiger partial charge on any atom is -0.466 e. The van der Waals surface area contributed by atoms with Crippen LogP contribution in [0.25, 0.3) is 49.7 Å². The molecule has 0 radical (unpaired) electrons. The minimum atomic E-state index is -1.03. The summed E-state index contributed by atoms with van der Waals surface area (Å²) in [7, 11) is 1.73. The van der Waals surface area contributed by atoms with Gasteiger partial charge < -0.3 is 14.7 Å². The molecule has 0 unspecified atom stereocenters. The van der Waals surface area contributed by atoms with Gasteiger partial charge in [-0.3, -0.25) is 23.9 Å². The molecule has 10 heteroatoms. The highest BCUT2D eigenvalue weighted by molar-refractivity contribution is 6.05. The predicted octanol–water partition coefficient (Wildman–Crippen LogP) is 5.28. The molecule has 1 N–H and O–H groups in total. The van der Waals surface area contributed by atoms with E-state index in [0.29, 0.717) is 11.2 Å². The fourth-order valence-electron chi connectivity index (χ4n) is 6.31. The van der Waals surface area contributed by atoms with Gasteiger partial charge in [-0.05, 0) is 54.4 Å². The van der Waals surface area contributed by atoms with Crippen LogP contribution in [0, 0.1) is 0 Å². The molecule has 7 rings (SSSR count). The van der Waals surface area contributed by atoms with Crippen LogP contribution in [0.4, 0.5) is 4.79 Å². The summed E-state index contributed by atoms with van der Waals surface area (Å²) in [6.45, 7) is 2.38. The highest BCUT2D eigenvalue weighted by Gasteiger charge is 2.48. The molecule has 1 saturated heterocycles. The van der Waals surface area contributed by atoms with Gasteiger partial charge >= 0.3 is 17.8 Å². The molecule has 1 aliphatic rings. The first kappa shape index (κ1) is 27.3. The Morgan fingerprint density at radius 3 is 2.43 bits per heavy atom. The zero-order valence-corrected chi connectivity index (χ0v) is 24.2. The standard InChI is InChI=1S/C34H29N5O5/c1-3-44-30(40)16-34(19-38(20-34)33(42)43)24-9-11-25(12-10-24)39-31-26-15-21(23-14-22-6-4-5-7-27(22)35-17-23)8-13-28(26)36-18-29(31)37(2)32(39)41/h4-15,17-18H,3,16,19-20H2,1-2H3,(H,42,43). The highest BCUT2D eigenvalue weighted by atomic mass is 16.5. The Bertz CT molecular complexity index is 2160. The van der Waals surface area contributed by atoms with E-state index in [1.165, 1.54) is 4.90 Å². The third-order valence-electron chi connectivity index (χ3n) is 8.59. The first-order chi connectivity index (χ1) is 21.3. The molecule has 44 heavy (non-hydrogen) atoms. The molecule has 0 bridgehead atoms. The van der Waals surface area contributed by atoms with E-state index in [1.807, 2.05) is 72.9 Å². The van der Waals surface area contributed by atoms with E-state index in [0.717, 1.165) is 44.0 Å². The van der Waals surface area contributed by atoms with Crippen molar-refractivity contribution in [3.8, 4) is 16.8 Å². The lowest BCUT2D eigenvalue weighted by atomic mass is 9.71. The number of aryl methyl sites for hydroxylation is 1. The van der Waals surface area contributed by atoms with E-state index in [9.17, 15) is 19.5 Å².